The number of aromatic nitrogens is 1. The van der Waals surface area contributed by atoms with Gasteiger partial charge in [-0.05, 0) is 23.3 Å². The molecule has 1 heterocycles. The van der Waals surface area contributed by atoms with E-state index in [0.29, 0.717) is 12.3 Å². The van der Waals surface area contributed by atoms with Crippen molar-refractivity contribution in [2.45, 2.75) is 12.3 Å². The molecular formula is C15H15ClN2OS. The average molecular weight is 307 g/mol. The molecule has 0 aliphatic rings. The Kier molecular flexibility index (Phi) is 5.89. The van der Waals surface area contributed by atoms with Crippen LogP contribution in [0, 0.1) is 0 Å². The Balaban J connectivity index is 1.69. The fourth-order valence-electron chi connectivity index (χ4n) is 1.62. The molecule has 0 saturated heterocycles. The molecule has 1 aromatic carbocycles. The van der Waals surface area contributed by atoms with Crippen molar-refractivity contribution in [2.75, 3.05) is 5.75 Å². The second-order valence-corrected chi connectivity index (χ2v) is 5.62. The number of nitrogens with zero attached hydrogens (tertiary/aromatic N) is 1. The van der Waals surface area contributed by atoms with Crippen LogP contribution >= 0.6 is 23.4 Å². The van der Waals surface area contributed by atoms with Crippen LogP contribution in [-0.2, 0) is 17.1 Å². The minimum Gasteiger partial charge on any atom is -0.351 e. The smallest absolute Gasteiger partial charge is 0.230 e. The van der Waals surface area contributed by atoms with Gasteiger partial charge in [0.25, 0.3) is 0 Å². The fourth-order valence-corrected chi connectivity index (χ4v) is 2.77. The number of carbonyl (C=O) groups excluding carboxylic acids is 1. The van der Waals surface area contributed by atoms with Gasteiger partial charge in [-0.3, -0.25) is 9.78 Å². The number of thioether (sulfide) groups is 1. The van der Waals surface area contributed by atoms with Crippen LogP contribution < -0.4 is 5.32 Å². The Hall–Kier alpha value is -1.52. The number of benzene rings is 1. The van der Waals surface area contributed by atoms with Gasteiger partial charge in [-0.15, -0.1) is 11.8 Å². The molecule has 2 rings (SSSR count). The molecule has 0 fully saturated rings. The number of nitrogens with one attached hydrogen (secondary N) is 1. The van der Waals surface area contributed by atoms with Crippen LogP contribution in [0.3, 0.4) is 0 Å². The van der Waals surface area contributed by atoms with Crippen molar-refractivity contribution in [1.29, 1.82) is 0 Å². The first-order chi connectivity index (χ1) is 9.75. The molecule has 1 N–H and O–H groups in total. The summed E-state index contributed by atoms with van der Waals surface area (Å²) in [5.41, 5.74) is 2.05. The molecule has 0 saturated carbocycles. The minimum atomic E-state index is 0.0194. The lowest BCUT2D eigenvalue weighted by molar-refractivity contribution is -0.118. The lowest BCUT2D eigenvalue weighted by Crippen LogP contribution is -2.24. The Morgan fingerprint density at radius 1 is 1.25 bits per heavy atom. The van der Waals surface area contributed by atoms with E-state index in [1.54, 1.807) is 24.2 Å². The van der Waals surface area contributed by atoms with E-state index in [1.165, 1.54) is 0 Å². The van der Waals surface area contributed by atoms with E-state index in [1.807, 2.05) is 36.4 Å². The van der Waals surface area contributed by atoms with Gasteiger partial charge in [-0.1, -0.05) is 35.9 Å². The summed E-state index contributed by atoms with van der Waals surface area (Å²) in [7, 11) is 0. The van der Waals surface area contributed by atoms with Crippen LogP contribution in [0.25, 0.3) is 0 Å². The zero-order valence-electron chi connectivity index (χ0n) is 10.9. The maximum atomic E-state index is 11.7. The summed E-state index contributed by atoms with van der Waals surface area (Å²) in [4.78, 5) is 15.7. The molecule has 1 amide bonds. The van der Waals surface area contributed by atoms with E-state index in [-0.39, 0.29) is 5.91 Å². The standard InChI is InChI=1S/C15H15ClN2OS/c16-14-6-2-1-5-13(14)10-20-11-15(19)18-9-12-4-3-7-17-8-12/h1-8H,9-11H2,(H,18,19). The molecule has 0 radical (unpaired) electrons. The highest BCUT2D eigenvalue weighted by molar-refractivity contribution is 7.99. The molecule has 0 bridgehead atoms. The van der Waals surface area contributed by atoms with Crippen LogP contribution in [0.4, 0.5) is 0 Å². The summed E-state index contributed by atoms with van der Waals surface area (Å²) in [6, 6.07) is 11.5. The summed E-state index contributed by atoms with van der Waals surface area (Å²) in [6.45, 7) is 0.513. The quantitative estimate of drug-likeness (QED) is 0.890. The van der Waals surface area contributed by atoms with Gasteiger partial charge in [-0.2, -0.15) is 0 Å². The maximum absolute atomic E-state index is 11.7. The Morgan fingerprint density at radius 2 is 2.10 bits per heavy atom. The highest BCUT2D eigenvalue weighted by atomic mass is 35.5. The summed E-state index contributed by atoms with van der Waals surface area (Å²) >= 11 is 7.61. The molecule has 0 aliphatic heterocycles. The lowest BCUT2D eigenvalue weighted by atomic mass is 10.2. The summed E-state index contributed by atoms with van der Waals surface area (Å²) in [5, 5.41) is 3.61. The molecule has 104 valence electrons. The Labute approximate surface area is 127 Å². The molecule has 2 aromatic rings. The van der Waals surface area contributed by atoms with Gasteiger partial charge in [0.05, 0.1) is 5.75 Å². The molecule has 5 heteroatoms. The van der Waals surface area contributed by atoms with Crippen molar-refractivity contribution < 1.29 is 4.79 Å². The molecule has 1 aromatic heterocycles. The van der Waals surface area contributed by atoms with Gasteiger partial charge in [-0.25, -0.2) is 0 Å². The molecule has 3 nitrogen and oxygen atoms in total. The average Bonchev–Trinajstić information content (AvgIpc) is 2.48. The third kappa shape index (κ3) is 4.87. The first kappa shape index (κ1) is 14.9. The van der Waals surface area contributed by atoms with Crippen molar-refractivity contribution in [3.8, 4) is 0 Å². The van der Waals surface area contributed by atoms with Crippen LogP contribution in [-0.4, -0.2) is 16.6 Å². The molecule has 0 spiro atoms. The van der Waals surface area contributed by atoms with Gasteiger partial charge < -0.3 is 5.32 Å². The molecule has 0 aliphatic carbocycles. The Morgan fingerprint density at radius 3 is 2.85 bits per heavy atom. The second kappa shape index (κ2) is 7.92. The third-order valence-electron chi connectivity index (χ3n) is 2.66. The molecule has 0 atom stereocenters. The number of halogens is 1. The van der Waals surface area contributed by atoms with Crippen molar-refractivity contribution in [2.24, 2.45) is 0 Å². The topological polar surface area (TPSA) is 42.0 Å². The van der Waals surface area contributed by atoms with Crippen LogP contribution in [0.15, 0.2) is 48.8 Å². The molecular weight excluding hydrogens is 292 g/mol. The Bertz CT molecular complexity index is 563. The zero-order valence-corrected chi connectivity index (χ0v) is 12.5. The van der Waals surface area contributed by atoms with Gasteiger partial charge in [0, 0.05) is 29.7 Å². The van der Waals surface area contributed by atoms with Gasteiger partial charge in [0.15, 0.2) is 0 Å². The van der Waals surface area contributed by atoms with Crippen LogP contribution in [0.2, 0.25) is 5.02 Å². The van der Waals surface area contributed by atoms with Gasteiger partial charge >= 0.3 is 0 Å². The third-order valence-corrected chi connectivity index (χ3v) is 4.01. The highest BCUT2D eigenvalue weighted by Crippen LogP contribution is 2.20. The first-order valence-corrected chi connectivity index (χ1v) is 7.76. The molecule has 20 heavy (non-hydrogen) atoms. The van der Waals surface area contributed by atoms with E-state index in [4.69, 9.17) is 11.6 Å². The van der Waals surface area contributed by atoms with E-state index in [2.05, 4.69) is 10.3 Å². The van der Waals surface area contributed by atoms with Crippen molar-refractivity contribution in [3.05, 3.63) is 64.9 Å². The van der Waals surface area contributed by atoms with E-state index >= 15 is 0 Å². The predicted octanol–water partition coefficient (Wildman–Crippen LogP) is 3.28. The number of hydrogen-bond donors (Lipinski definition) is 1. The normalized spacial score (nSPS) is 10.2. The van der Waals surface area contributed by atoms with Crippen molar-refractivity contribution in [3.63, 3.8) is 0 Å². The first-order valence-electron chi connectivity index (χ1n) is 6.22. The lowest BCUT2D eigenvalue weighted by Gasteiger charge is -2.06. The largest absolute Gasteiger partial charge is 0.351 e. The number of pyridine rings is 1. The van der Waals surface area contributed by atoms with Gasteiger partial charge in [0.2, 0.25) is 5.91 Å². The SMILES string of the molecule is O=C(CSCc1ccccc1Cl)NCc1cccnc1. The minimum absolute atomic E-state index is 0.0194. The summed E-state index contributed by atoms with van der Waals surface area (Å²) < 4.78 is 0. The number of amides is 1. The van der Waals surface area contributed by atoms with E-state index in [9.17, 15) is 4.79 Å². The van der Waals surface area contributed by atoms with E-state index in [0.717, 1.165) is 21.9 Å². The maximum Gasteiger partial charge on any atom is 0.230 e. The summed E-state index contributed by atoms with van der Waals surface area (Å²) in [5.74, 6) is 1.18. The number of hydrogen-bond acceptors (Lipinski definition) is 3. The highest BCUT2D eigenvalue weighted by Gasteiger charge is 2.04. The molecule has 0 unspecified atom stereocenters. The second-order valence-electron chi connectivity index (χ2n) is 4.22. The van der Waals surface area contributed by atoms with E-state index < -0.39 is 0 Å². The fraction of sp³-hybridized carbons (Fsp3) is 0.200. The number of rotatable bonds is 6. The number of carbonyl (C=O) groups is 1. The zero-order chi connectivity index (χ0) is 14.2. The van der Waals surface area contributed by atoms with Crippen molar-refractivity contribution in [1.82, 2.24) is 10.3 Å². The van der Waals surface area contributed by atoms with Crippen LogP contribution in [0.1, 0.15) is 11.1 Å². The van der Waals surface area contributed by atoms with Gasteiger partial charge in [0.1, 0.15) is 0 Å². The van der Waals surface area contributed by atoms with Crippen molar-refractivity contribution >= 4 is 29.3 Å². The monoisotopic (exact) mass is 306 g/mol. The van der Waals surface area contributed by atoms with Crippen LogP contribution in [0.5, 0.6) is 0 Å². The predicted molar refractivity (Wildman–Crippen MR) is 83.7 cm³/mol. The summed E-state index contributed by atoms with van der Waals surface area (Å²) in [6.07, 6.45) is 3.46.